The third-order valence-corrected chi connectivity index (χ3v) is 4.50. The smallest absolute Gasteiger partial charge is 0.455 e. The lowest BCUT2D eigenvalue weighted by molar-refractivity contribution is -0.147. The maximum Gasteiger partial charge on any atom is 0.705 e. The molecule has 6 nitrogen and oxygen atoms in total. The van der Waals surface area contributed by atoms with Crippen molar-refractivity contribution in [2.24, 2.45) is 0 Å². The molecule has 0 aliphatic rings. The molecule has 0 aliphatic carbocycles. The molecule has 0 amide bonds. The molecular weight excluding hydrogens is 244 g/mol. The highest BCUT2D eigenvalue weighted by atomic mass is 28.4. The van der Waals surface area contributed by atoms with E-state index in [-0.39, 0.29) is 6.04 Å². The molecule has 0 saturated carbocycles. The summed E-state index contributed by atoms with van der Waals surface area (Å²) in [5, 5.41) is 0. The first kappa shape index (κ1) is 15.6. The monoisotopic (exact) mass is 262 g/mol. The van der Waals surface area contributed by atoms with Crippen molar-refractivity contribution in [1.82, 2.24) is 0 Å². The molecule has 0 aromatic rings. The standard InChI is InChI=1S/C10H18O6Si/c1-5-6-7-17(14-8(2)11,15-9(3)12)16-10(4)13/h5-7H2,1-4H3. The van der Waals surface area contributed by atoms with Gasteiger partial charge in [-0.2, -0.15) is 0 Å². The number of hydrogen-bond acceptors (Lipinski definition) is 6. The normalized spacial score (nSPS) is 10.6. The van der Waals surface area contributed by atoms with Crippen LogP contribution in [0.3, 0.4) is 0 Å². The van der Waals surface area contributed by atoms with Crippen LogP contribution in [-0.2, 0) is 27.7 Å². The van der Waals surface area contributed by atoms with Crippen LogP contribution in [0.1, 0.15) is 40.5 Å². The summed E-state index contributed by atoms with van der Waals surface area (Å²) in [5.74, 6) is -1.89. The lowest BCUT2D eigenvalue weighted by atomic mass is 10.4. The van der Waals surface area contributed by atoms with Gasteiger partial charge in [0.15, 0.2) is 0 Å². The van der Waals surface area contributed by atoms with Crippen molar-refractivity contribution in [1.29, 1.82) is 0 Å². The topological polar surface area (TPSA) is 78.9 Å². The first-order chi connectivity index (χ1) is 7.81. The molecule has 0 fully saturated rings. The Morgan fingerprint density at radius 2 is 1.24 bits per heavy atom. The fourth-order valence-corrected chi connectivity index (χ4v) is 3.80. The van der Waals surface area contributed by atoms with Gasteiger partial charge in [-0.15, -0.1) is 0 Å². The summed E-state index contributed by atoms with van der Waals surface area (Å²) in [6.45, 7) is 5.47. The Morgan fingerprint density at radius 1 is 0.882 bits per heavy atom. The quantitative estimate of drug-likeness (QED) is 0.673. The number of carbonyl (C=O) groups excluding carboxylic acids is 3. The number of carbonyl (C=O) groups is 3. The van der Waals surface area contributed by atoms with Gasteiger partial charge in [-0.05, 0) is 6.42 Å². The van der Waals surface area contributed by atoms with Gasteiger partial charge >= 0.3 is 8.80 Å². The number of hydrogen-bond donors (Lipinski definition) is 0. The highest BCUT2D eigenvalue weighted by molar-refractivity contribution is 6.65. The van der Waals surface area contributed by atoms with E-state index in [1.807, 2.05) is 6.92 Å². The van der Waals surface area contributed by atoms with Crippen molar-refractivity contribution in [3.63, 3.8) is 0 Å². The molecule has 0 bridgehead atoms. The minimum Gasteiger partial charge on any atom is -0.455 e. The molecule has 0 unspecified atom stereocenters. The maximum absolute atomic E-state index is 11.0. The zero-order chi connectivity index (χ0) is 13.5. The number of rotatable bonds is 6. The highest BCUT2D eigenvalue weighted by Gasteiger charge is 2.50. The average Bonchev–Trinajstić information content (AvgIpc) is 2.11. The fourth-order valence-electron chi connectivity index (χ4n) is 1.27. The van der Waals surface area contributed by atoms with Gasteiger partial charge in [0.25, 0.3) is 17.9 Å². The first-order valence-corrected chi connectivity index (χ1v) is 7.33. The van der Waals surface area contributed by atoms with Gasteiger partial charge in [0.2, 0.25) is 0 Å². The molecule has 7 heteroatoms. The van der Waals surface area contributed by atoms with E-state index in [1.54, 1.807) is 0 Å². The van der Waals surface area contributed by atoms with Crippen LogP contribution in [0.5, 0.6) is 0 Å². The Labute approximate surface area is 102 Å². The molecule has 0 saturated heterocycles. The predicted molar refractivity (Wildman–Crippen MR) is 60.8 cm³/mol. The van der Waals surface area contributed by atoms with E-state index in [0.29, 0.717) is 6.42 Å². The average molecular weight is 262 g/mol. The van der Waals surface area contributed by atoms with E-state index < -0.39 is 26.7 Å². The summed E-state index contributed by atoms with van der Waals surface area (Å²) >= 11 is 0. The first-order valence-electron chi connectivity index (χ1n) is 5.40. The van der Waals surface area contributed by atoms with Gasteiger partial charge in [-0.25, -0.2) is 0 Å². The second-order valence-corrected chi connectivity index (χ2v) is 6.05. The Bertz CT molecular complexity index is 260. The SMILES string of the molecule is CCCC[Si](OC(C)=O)(OC(C)=O)OC(C)=O. The summed E-state index contributed by atoms with van der Waals surface area (Å²) in [6.07, 6.45) is 1.44. The minimum atomic E-state index is -3.55. The van der Waals surface area contributed by atoms with Crippen LogP contribution in [0.15, 0.2) is 0 Å². The van der Waals surface area contributed by atoms with Crippen molar-refractivity contribution in [3.8, 4) is 0 Å². The molecule has 0 radical (unpaired) electrons. The van der Waals surface area contributed by atoms with Crippen LogP contribution in [0.2, 0.25) is 6.04 Å². The van der Waals surface area contributed by atoms with Crippen LogP contribution in [-0.4, -0.2) is 26.7 Å². The van der Waals surface area contributed by atoms with Crippen molar-refractivity contribution < 1.29 is 27.7 Å². The zero-order valence-electron chi connectivity index (χ0n) is 10.6. The predicted octanol–water partition coefficient (Wildman–Crippen LogP) is 1.41. The highest BCUT2D eigenvalue weighted by Crippen LogP contribution is 2.20. The zero-order valence-corrected chi connectivity index (χ0v) is 11.6. The van der Waals surface area contributed by atoms with E-state index in [1.165, 1.54) is 20.8 Å². The van der Waals surface area contributed by atoms with E-state index >= 15 is 0 Å². The molecule has 0 spiro atoms. The molecule has 17 heavy (non-hydrogen) atoms. The maximum atomic E-state index is 11.0. The van der Waals surface area contributed by atoms with Gasteiger partial charge in [0.1, 0.15) is 0 Å². The van der Waals surface area contributed by atoms with Crippen LogP contribution in [0, 0.1) is 0 Å². The van der Waals surface area contributed by atoms with Crippen LogP contribution in [0.25, 0.3) is 0 Å². The molecule has 0 heterocycles. The third kappa shape index (κ3) is 6.72. The molecular formula is C10H18O6Si. The fraction of sp³-hybridized carbons (Fsp3) is 0.700. The minimum absolute atomic E-state index is 0.252. The summed E-state index contributed by atoms with van der Waals surface area (Å²) in [4.78, 5) is 33.0. The van der Waals surface area contributed by atoms with Crippen molar-refractivity contribution in [2.45, 2.75) is 46.6 Å². The van der Waals surface area contributed by atoms with Gasteiger partial charge in [0, 0.05) is 20.8 Å². The Morgan fingerprint density at radius 3 is 1.47 bits per heavy atom. The Balaban J connectivity index is 4.95. The Kier molecular flexibility index (Phi) is 6.48. The molecule has 0 aliphatic heterocycles. The molecule has 0 atom stereocenters. The summed E-state index contributed by atoms with van der Waals surface area (Å²) in [6, 6.07) is 0.252. The summed E-state index contributed by atoms with van der Waals surface area (Å²) in [7, 11) is -3.55. The van der Waals surface area contributed by atoms with Crippen LogP contribution in [0.4, 0.5) is 0 Å². The second kappa shape index (κ2) is 7.05. The lowest BCUT2D eigenvalue weighted by Gasteiger charge is -2.25. The van der Waals surface area contributed by atoms with Gasteiger partial charge in [-0.1, -0.05) is 13.3 Å². The van der Waals surface area contributed by atoms with Crippen LogP contribution < -0.4 is 0 Å². The lowest BCUT2D eigenvalue weighted by Crippen LogP contribution is -2.49. The van der Waals surface area contributed by atoms with Crippen molar-refractivity contribution >= 4 is 26.7 Å². The largest absolute Gasteiger partial charge is 0.705 e. The van der Waals surface area contributed by atoms with E-state index in [9.17, 15) is 14.4 Å². The second-order valence-electron chi connectivity index (χ2n) is 3.57. The molecule has 0 aromatic heterocycles. The van der Waals surface area contributed by atoms with Crippen molar-refractivity contribution in [3.05, 3.63) is 0 Å². The van der Waals surface area contributed by atoms with E-state index in [4.69, 9.17) is 13.3 Å². The summed E-state index contributed by atoms with van der Waals surface area (Å²) in [5.41, 5.74) is 0. The van der Waals surface area contributed by atoms with Gasteiger partial charge in [0.05, 0.1) is 6.04 Å². The summed E-state index contributed by atoms with van der Waals surface area (Å²) < 4.78 is 14.9. The molecule has 98 valence electrons. The third-order valence-electron chi connectivity index (χ3n) is 1.73. The van der Waals surface area contributed by atoms with Crippen molar-refractivity contribution in [2.75, 3.05) is 0 Å². The van der Waals surface area contributed by atoms with Crippen LogP contribution >= 0.6 is 0 Å². The van der Waals surface area contributed by atoms with Gasteiger partial charge in [-0.3, -0.25) is 14.4 Å². The molecule has 0 rings (SSSR count). The van der Waals surface area contributed by atoms with E-state index in [2.05, 4.69) is 0 Å². The van der Waals surface area contributed by atoms with Gasteiger partial charge < -0.3 is 13.3 Å². The van der Waals surface area contributed by atoms with E-state index in [0.717, 1.165) is 6.42 Å². The number of unbranched alkanes of at least 4 members (excludes halogenated alkanes) is 1. The Hall–Kier alpha value is -1.37. The molecule has 0 aromatic carbocycles. The molecule has 0 N–H and O–H groups in total.